The van der Waals surface area contributed by atoms with Crippen LogP contribution in [0.1, 0.15) is 56.2 Å². The maximum Gasteiger partial charge on any atom is 0.416 e. The summed E-state index contributed by atoms with van der Waals surface area (Å²) in [6, 6.07) is 15.2. The minimum absolute atomic E-state index is 0.0403. The van der Waals surface area contributed by atoms with E-state index < -0.39 is 23.6 Å². The molecule has 0 bridgehead atoms. The number of para-hydroxylation sites is 1. The molecule has 0 saturated carbocycles. The molecule has 1 aromatic heterocycles. The predicted molar refractivity (Wildman–Crippen MR) is 133 cm³/mol. The van der Waals surface area contributed by atoms with E-state index in [2.05, 4.69) is 10.4 Å². The molecule has 3 aromatic rings. The summed E-state index contributed by atoms with van der Waals surface area (Å²) in [6.07, 6.45) is -4.49. The van der Waals surface area contributed by atoms with Crippen molar-refractivity contribution >= 4 is 17.6 Å². The molecule has 192 valence electrons. The molecular weight excluding hydrogens is 469 g/mol. The van der Waals surface area contributed by atoms with E-state index in [-0.39, 0.29) is 30.0 Å². The zero-order valence-corrected chi connectivity index (χ0v) is 21.1. The molecule has 3 rings (SSSR count). The summed E-state index contributed by atoms with van der Waals surface area (Å²) in [5, 5.41) is 7.53. The molecule has 1 heterocycles. The normalized spacial score (nSPS) is 12.0. The fourth-order valence-corrected chi connectivity index (χ4v) is 3.60. The molecule has 2 aromatic carbocycles. The Balaban J connectivity index is 1.84. The highest BCUT2D eigenvalue weighted by atomic mass is 19.4. The van der Waals surface area contributed by atoms with Crippen LogP contribution >= 0.6 is 0 Å². The van der Waals surface area contributed by atoms with E-state index in [1.165, 1.54) is 4.90 Å². The van der Waals surface area contributed by atoms with Crippen LogP contribution in [0.3, 0.4) is 0 Å². The number of rotatable bonds is 7. The van der Waals surface area contributed by atoms with Crippen LogP contribution in [0.4, 0.5) is 19.0 Å². The van der Waals surface area contributed by atoms with Crippen LogP contribution in [0.25, 0.3) is 5.69 Å². The van der Waals surface area contributed by atoms with Gasteiger partial charge in [-0.15, -0.1) is 0 Å². The Morgan fingerprint density at radius 1 is 1.00 bits per heavy atom. The number of anilines is 1. The average Bonchev–Trinajstić information content (AvgIpc) is 3.22. The summed E-state index contributed by atoms with van der Waals surface area (Å²) in [5.74, 6) is -0.450. The highest BCUT2D eigenvalue weighted by Gasteiger charge is 2.31. The van der Waals surface area contributed by atoms with Crippen molar-refractivity contribution in [3.8, 4) is 5.69 Å². The van der Waals surface area contributed by atoms with Crippen molar-refractivity contribution in [3.63, 3.8) is 0 Å². The van der Waals surface area contributed by atoms with Gasteiger partial charge in [-0.25, -0.2) is 4.68 Å². The van der Waals surface area contributed by atoms with E-state index in [1.54, 1.807) is 10.7 Å². The number of carbonyl (C=O) groups excluding carboxylic acids is 2. The third-order valence-electron chi connectivity index (χ3n) is 5.41. The second kappa shape index (κ2) is 10.6. The first kappa shape index (κ1) is 27.0. The molecule has 0 atom stereocenters. The van der Waals surface area contributed by atoms with Crippen molar-refractivity contribution in [2.75, 3.05) is 18.4 Å². The van der Waals surface area contributed by atoms with Crippen molar-refractivity contribution in [2.24, 2.45) is 5.92 Å². The lowest BCUT2D eigenvalue weighted by Crippen LogP contribution is -2.40. The van der Waals surface area contributed by atoms with Gasteiger partial charge in [0.15, 0.2) is 0 Å². The number of halogens is 3. The summed E-state index contributed by atoms with van der Waals surface area (Å²) < 4.78 is 40.4. The molecule has 6 nitrogen and oxygen atoms in total. The van der Waals surface area contributed by atoms with E-state index in [1.807, 2.05) is 65.0 Å². The van der Waals surface area contributed by atoms with Crippen molar-refractivity contribution < 1.29 is 22.8 Å². The molecule has 1 N–H and O–H groups in total. The Hall–Kier alpha value is -3.62. The Morgan fingerprint density at radius 2 is 1.61 bits per heavy atom. The topological polar surface area (TPSA) is 67.2 Å². The summed E-state index contributed by atoms with van der Waals surface area (Å²) >= 11 is 0. The van der Waals surface area contributed by atoms with Crippen LogP contribution in [0.2, 0.25) is 0 Å². The van der Waals surface area contributed by atoms with Gasteiger partial charge in [0.25, 0.3) is 5.91 Å². The van der Waals surface area contributed by atoms with Crippen LogP contribution < -0.4 is 5.32 Å². The van der Waals surface area contributed by atoms with E-state index in [0.717, 1.165) is 35.6 Å². The largest absolute Gasteiger partial charge is 0.416 e. The molecule has 0 unspecified atom stereocenters. The number of alkyl halides is 3. The second-order valence-corrected chi connectivity index (χ2v) is 10.1. The summed E-state index contributed by atoms with van der Waals surface area (Å²) in [6.45, 7) is 9.84. The third-order valence-corrected chi connectivity index (χ3v) is 5.41. The molecule has 9 heteroatoms. The molecule has 0 saturated heterocycles. The van der Waals surface area contributed by atoms with Gasteiger partial charge in [-0.1, -0.05) is 52.8 Å². The van der Waals surface area contributed by atoms with Gasteiger partial charge in [0.1, 0.15) is 12.4 Å². The monoisotopic (exact) mass is 500 g/mol. The van der Waals surface area contributed by atoms with Gasteiger partial charge in [0.05, 0.1) is 16.9 Å². The predicted octanol–water partition coefficient (Wildman–Crippen LogP) is 5.93. The van der Waals surface area contributed by atoms with Crippen molar-refractivity contribution in [1.29, 1.82) is 0 Å². The first-order chi connectivity index (χ1) is 16.8. The first-order valence-corrected chi connectivity index (χ1v) is 11.7. The lowest BCUT2D eigenvalue weighted by molar-refractivity contribution is -0.137. The molecule has 0 radical (unpaired) electrons. The van der Waals surface area contributed by atoms with Crippen LogP contribution in [-0.2, 0) is 16.4 Å². The lowest BCUT2D eigenvalue weighted by Gasteiger charge is -2.24. The van der Waals surface area contributed by atoms with Gasteiger partial charge in [0, 0.05) is 23.6 Å². The number of benzene rings is 2. The number of hydrogen-bond donors (Lipinski definition) is 1. The summed E-state index contributed by atoms with van der Waals surface area (Å²) in [5.41, 5.74) is 0.531. The minimum Gasteiger partial charge on any atom is -0.329 e. The van der Waals surface area contributed by atoms with Crippen molar-refractivity contribution in [3.05, 3.63) is 77.5 Å². The van der Waals surface area contributed by atoms with Crippen molar-refractivity contribution in [1.82, 2.24) is 14.7 Å². The average molecular weight is 501 g/mol. The van der Waals surface area contributed by atoms with E-state index >= 15 is 0 Å². The van der Waals surface area contributed by atoms with Crippen LogP contribution in [-0.4, -0.2) is 39.6 Å². The maximum atomic E-state index is 13.1. The van der Waals surface area contributed by atoms with Gasteiger partial charge < -0.3 is 10.2 Å². The van der Waals surface area contributed by atoms with Gasteiger partial charge >= 0.3 is 6.18 Å². The molecule has 2 amide bonds. The number of carbonyl (C=O) groups is 2. The van der Waals surface area contributed by atoms with Crippen LogP contribution in [0.15, 0.2) is 60.7 Å². The molecule has 0 fully saturated rings. The zero-order chi connectivity index (χ0) is 26.7. The number of nitrogens with zero attached hydrogens (tertiary/aromatic N) is 3. The minimum atomic E-state index is -4.49. The fourth-order valence-electron chi connectivity index (χ4n) is 3.60. The zero-order valence-electron chi connectivity index (χ0n) is 21.1. The quantitative estimate of drug-likeness (QED) is 0.438. The molecule has 0 aliphatic heterocycles. The Kier molecular flexibility index (Phi) is 7.91. The van der Waals surface area contributed by atoms with Crippen molar-refractivity contribution in [2.45, 2.75) is 46.2 Å². The summed E-state index contributed by atoms with van der Waals surface area (Å²) in [4.78, 5) is 27.5. The first-order valence-electron chi connectivity index (χ1n) is 11.7. The molecule has 0 spiro atoms. The standard InChI is InChI=1S/C27H31F3N4O2/c1-18(2)16-33(25(36)19-11-13-20(14-12-19)27(28,29)30)17-24(35)31-23-15-22(26(3,4)5)32-34(23)21-9-7-6-8-10-21/h6-15,18H,16-17H2,1-5H3,(H,31,35). The second-order valence-electron chi connectivity index (χ2n) is 10.1. The van der Waals surface area contributed by atoms with Gasteiger partial charge in [-0.3, -0.25) is 9.59 Å². The Morgan fingerprint density at radius 3 is 2.14 bits per heavy atom. The van der Waals surface area contributed by atoms with Gasteiger partial charge in [-0.05, 0) is 42.3 Å². The summed E-state index contributed by atoms with van der Waals surface area (Å²) in [7, 11) is 0. The highest BCUT2D eigenvalue weighted by Crippen LogP contribution is 2.29. The van der Waals surface area contributed by atoms with E-state index in [9.17, 15) is 22.8 Å². The maximum absolute atomic E-state index is 13.1. The highest BCUT2D eigenvalue weighted by molar-refractivity contribution is 5.99. The number of amides is 2. The van der Waals surface area contributed by atoms with Crippen LogP contribution in [0.5, 0.6) is 0 Å². The molecule has 0 aliphatic rings. The molecular formula is C27H31F3N4O2. The van der Waals surface area contributed by atoms with E-state index in [4.69, 9.17) is 0 Å². The Labute approximate surface area is 209 Å². The molecule has 0 aliphatic carbocycles. The molecule has 36 heavy (non-hydrogen) atoms. The smallest absolute Gasteiger partial charge is 0.329 e. The lowest BCUT2D eigenvalue weighted by atomic mass is 9.92. The Bertz CT molecular complexity index is 1190. The van der Waals surface area contributed by atoms with Crippen LogP contribution in [0, 0.1) is 5.92 Å². The third kappa shape index (κ3) is 6.74. The van der Waals surface area contributed by atoms with Gasteiger partial charge in [-0.2, -0.15) is 18.3 Å². The van der Waals surface area contributed by atoms with E-state index in [0.29, 0.717) is 5.82 Å². The number of nitrogens with one attached hydrogen (secondary N) is 1. The SMILES string of the molecule is CC(C)CN(CC(=O)Nc1cc(C(C)(C)C)nn1-c1ccccc1)C(=O)c1ccc(C(F)(F)F)cc1. The fraction of sp³-hybridized carbons (Fsp3) is 0.370. The number of aromatic nitrogens is 2. The van der Waals surface area contributed by atoms with Gasteiger partial charge in [0.2, 0.25) is 5.91 Å². The number of hydrogen-bond acceptors (Lipinski definition) is 3.